The topological polar surface area (TPSA) is 52.8 Å². The minimum Gasteiger partial charge on any atom is -0.497 e. The lowest BCUT2D eigenvalue weighted by atomic mass is 10.2. The molecule has 0 N–H and O–H groups in total. The zero-order valence-corrected chi connectivity index (χ0v) is 16.8. The summed E-state index contributed by atoms with van der Waals surface area (Å²) in [7, 11) is 1.62. The zero-order valence-electron chi connectivity index (χ0n) is 16.0. The van der Waals surface area contributed by atoms with Crippen LogP contribution in [0, 0.1) is 12.3 Å². The quantitative estimate of drug-likeness (QED) is 0.444. The number of hydrogen-bond acceptors (Lipinski definition) is 4. The molecule has 2 aromatic carbocycles. The molecule has 0 atom stereocenters. The number of unbranched alkanes of at least 4 members (excludes halogenated alkanes) is 1. The van der Waals surface area contributed by atoms with Gasteiger partial charge in [0.1, 0.15) is 11.5 Å². The van der Waals surface area contributed by atoms with Gasteiger partial charge in [-0.1, -0.05) is 30.6 Å². The molecule has 28 heavy (non-hydrogen) atoms. The van der Waals surface area contributed by atoms with Crippen molar-refractivity contribution in [3.63, 3.8) is 0 Å². The lowest BCUT2D eigenvalue weighted by molar-refractivity contribution is 0.0998. The fourth-order valence-corrected chi connectivity index (χ4v) is 3.75. The van der Waals surface area contributed by atoms with Gasteiger partial charge in [-0.15, -0.1) is 6.42 Å². The third-order valence-corrected chi connectivity index (χ3v) is 5.25. The van der Waals surface area contributed by atoms with Crippen LogP contribution in [-0.2, 0) is 6.54 Å². The van der Waals surface area contributed by atoms with Crippen LogP contribution in [0.2, 0.25) is 0 Å². The van der Waals surface area contributed by atoms with Crippen molar-refractivity contribution in [3.05, 3.63) is 52.8 Å². The van der Waals surface area contributed by atoms with Crippen LogP contribution in [0.5, 0.6) is 11.5 Å². The fourth-order valence-electron chi connectivity index (χ4n) is 2.69. The van der Waals surface area contributed by atoms with Gasteiger partial charge in [-0.3, -0.25) is 4.79 Å². The summed E-state index contributed by atoms with van der Waals surface area (Å²) >= 11 is 1.41. The molecule has 144 valence electrons. The van der Waals surface area contributed by atoms with Gasteiger partial charge in [0.05, 0.1) is 30.5 Å². The number of benzene rings is 2. The van der Waals surface area contributed by atoms with Crippen LogP contribution in [0.1, 0.15) is 30.1 Å². The maximum absolute atomic E-state index is 12.7. The van der Waals surface area contributed by atoms with Gasteiger partial charge in [-0.05, 0) is 48.9 Å². The molecule has 0 bridgehead atoms. The number of ether oxygens (including phenoxy) is 2. The average molecular weight is 394 g/mol. The number of fused-ring (bicyclic) bond motifs is 1. The van der Waals surface area contributed by atoms with Crippen molar-refractivity contribution < 1.29 is 14.3 Å². The minimum atomic E-state index is -0.315. The van der Waals surface area contributed by atoms with E-state index in [2.05, 4.69) is 17.8 Å². The Labute approximate surface area is 168 Å². The maximum Gasteiger partial charge on any atom is 0.279 e. The average Bonchev–Trinajstić information content (AvgIpc) is 3.05. The van der Waals surface area contributed by atoms with Gasteiger partial charge in [0.25, 0.3) is 5.91 Å². The standard InChI is InChI=1S/C22H22N2O3S/c1-4-6-14-27-17-9-7-16(8-10-17)21(25)23-22-24(13-5-2)19-12-11-18(26-3)15-20(19)28-22/h2,7-12,15H,4,6,13-14H2,1,3H3. The second kappa shape index (κ2) is 9.25. The van der Waals surface area contributed by atoms with Gasteiger partial charge in [0.15, 0.2) is 4.80 Å². The van der Waals surface area contributed by atoms with E-state index >= 15 is 0 Å². The monoisotopic (exact) mass is 394 g/mol. The molecule has 0 aliphatic rings. The summed E-state index contributed by atoms with van der Waals surface area (Å²) in [6.07, 6.45) is 7.59. The highest BCUT2D eigenvalue weighted by molar-refractivity contribution is 7.16. The summed E-state index contributed by atoms with van der Waals surface area (Å²) in [6.45, 7) is 3.12. The second-order valence-corrected chi connectivity index (χ2v) is 7.16. The molecule has 0 saturated carbocycles. The van der Waals surface area contributed by atoms with Crippen molar-refractivity contribution in [3.8, 4) is 23.8 Å². The first-order valence-corrected chi connectivity index (χ1v) is 9.90. The van der Waals surface area contributed by atoms with Crippen molar-refractivity contribution >= 4 is 27.5 Å². The minimum absolute atomic E-state index is 0.315. The Morgan fingerprint density at radius 2 is 1.96 bits per heavy atom. The molecule has 1 amide bonds. The van der Waals surface area contributed by atoms with Crippen LogP contribution < -0.4 is 14.3 Å². The summed E-state index contributed by atoms with van der Waals surface area (Å²) in [5, 5.41) is 0. The van der Waals surface area contributed by atoms with Gasteiger partial charge in [0.2, 0.25) is 0 Å². The maximum atomic E-state index is 12.7. The molecule has 0 radical (unpaired) electrons. The summed E-state index contributed by atoms with van der Waals surface area (Å²) in [5.41, 5.74) is 1.43. The molecule has 1 aromatic heterocycles. The summed E-state index contributed by atoms with van der Waals surface area (Å²) in [6, 6.07) is 12.8. The lowest BCUT2D eigenvalue weighted by Gasteiger charge is -2.05. The number of nitrogens with zero attached hydrogens (tertiary/aromatic N) is 2. The van der Waals surface area contributed by atoms with E-state index in [4.69, 9.17) is 15.9 Å². The van der Waals surface area contributed by atoms with Crippen molar-refractivity contribution in [2.45, 2.75) is 26.3 Å². The SMILES string of the molecule is C#CCn1c(=NC(=O)c2ccc(OCCCC)cc2)sc2cc(OC)ccc21. The number of aromatic nitrogens is 1. The van der Waals surface area contributed by atoms with E-state index in [1.807, 2.05) is 22.8 Å². The number of carbonyl (C=O) groups excluding carboxylic acids is 1. The normalized spacial score (nSPS) is 11.4. The first kappa shape index (κ1) is 19.7. The number of carbonyl (C=O) groups is 1. The Morgan fingerprint density at radius 1 is 1.21 bits per heavy atom. The number of amides is 1. The molecule has 3 rings (SSSR count). The van der Waals surface area contributed by atoms with Crippen molar-refractivity contribution in [2.24, 2.45) is 4.99 Å². The molecule has 3 aromatic rings. The number of hydrogen-bond donors (Lipinski definition) is 0. The van der Waals surface area contributed by atoms with E-state index in [0.717, 1.165) is 34.6 Å². The molecule has 0 saturated heterocycles. The molecular formula is C22H22N2O3S. The number of rotatable bonds is 7. The van der Waals surface area contributed by atoms with Crippen molar-refractivity contribution in [2.75, 3.05) is 13.7 Å². The third kappa shape index (κ3) is 4.44. The highest BCUT2D eigenvalue weighted by Crippen LogP contribution is 2.23. The predicted molar refractivity (Wildman–Crippen MR) is 112 cm³/mol. The van der Waals surface area contributed by atoms with E-state index in [0.29, 0.717) is 23.5 Å². The number of terminal acetylenes is 1. The largest absolute Gasteiger partial charge is 0.497 e. The zero-order chi connectivity index (χ0) is 19.9. The number of methoxy groups -OCH3 is 1. The van der Waals surface area contributed by atoms with Gasteiger partial charge in [-0.2, -0.15) is 4.99 Å². The van der Waals surface area contributed by atoms with Crippen LogP contribution in [-0.4, -0.2) is 24.2 Å². The van der Waals surface area contributed by atoms with Crippen LogP contribution in [0.25, 0.3) is 10.2 Å². The molecule has 0 aliphatic carbocycles. The Morgan fingerprint density at radius 3 is 2.64 bits per heavy atom. The Balaban J connectivity index is 1.91. The highest BCUT2D eigenvalue weighted by atomic mass is 32.1. The van der Waals surface area contributed by atoms with Crippen LogP contribution in [0.15, 0.2) is 47.5 Å². The molecular weight excluding hydrogens is 372 g/mol. The van der Waals surface area contributed by atoms with E-state index < -0.39 is 0 Å². The first-order chi connectivity index (χ1) is 13.7. The molecule has 0 aliphatic heterocycles. The third-order valence-electron chi connectivity index (χ3n) is 4.20. The van der Waals surface area contributed by atoms with Gasteiger partial charge >= 0.3 is 0 Å². The van der Waals surface area contributed by atoms with Gasteiger partial charge in [0, 0.05) is 5.56 Å². The Bertz CT molecular complexity index is 1070. The van der Waals surface area contributed by atoms with Crippen LogP contribution in [0.3, 0.4) is 0 Å². The lowest BCUT2D eigenvalue weighted by Crippen LogP contribution is -2.16. The molecule has 0 spiro atoms. The summed E-state index contributed by atoms with van der Waals surface area (Å²) in [4.78, 5) is 17.5. The van der Waals surface area contributed by atoms with Crippen molar-refractivity contribution in [1.82, 2.24) is 4.57 Å². The van der Waals surface area contributed by atoms with E-state index in [9.17, 15) is 4.79 Å². The molecule has 0 unspecified atom stereocenters. The summed E-state index contributed by atoms with van der Waals surface area (Å²) in [5.74, 6) is 3.81. The molecule has 6 heteroatoms. The van der Waals surface area contributed by atoms with Crippen LogP contribution >= 0.6 is 11.3 Å². The predicted octanol–water partition coefficient (Wildman–Crippen LogP) is 4.26. The number of thiazole rings is 1. The molecule has 0 fully saturated rings. The fraction of sp³-hybridized carbons (Fsp3) is 0.273. The van der Waals surface area contributed by atoms with E-state index in [1.54, 1.807) is 31.4 Å². The van der Waals surface area contributed by atoms with E-state index in [1.165, 1.54) is 11.3 Å². The highest BCUT2D eigenvalue weighted by Gasteiger charge is 2.10. The van der Waals surface area contributed by atoms with Crippen LogP contribution in [0.4, 0.5) is 0 Å². The van der Waals surface area contributed by atoms with Gasteiger partial charge < -0.3 is 14.0 Å². The summed E-state index contributed by atoms with van der Waals surface area (Å²) < 4.78 is 13.7. The molecule has 5 nitrogen and oxygen atoms in total. The van der Waals surface area contributed by atoms with Gasteiger partial charge in [-0.25, -0.2) is 0 Å². The Hall–Kier alpha value is -3.04. The van der Waals surface area contributed by atoms with Crippen molar-refractivity contribution in [1.29, 1.82) is 0 Å². The first-order valence-electron chi connectivity index (χ1n) is 9.09. The van der Waals surface area contributed by atoms with E-state index in [-0.39, 0.29) is 5.91 Å². The smallest absolute Gasteiger partial charge is 0.279 e. The second-order valence-electron chi connectivity index (χ2n) is 6.15. The Kier molecular flexibility index (Phi) is 6.51. The molecule has 1 heterocycles.